The maximum Gasteiger partial charge on any atom is 0.137 e. The maximum absolute atomic E-state index is 8.92. The molecule has 0 saturated heterocycles. The second-order valence-electron chi connectivity index (χ2n) is 5.19. The first kappa shape index (κ1) is 15.2. The highest BCUT2D eigenvalue weighted by Crippen LogP contribution is 2.25. The fraction of sp³-hybridized carbons (Fsp3) is 0.643. The summed E-state index contributed by atoms with van der Waals surface area (Å²) in [6.45, 7) is 8.72. The standard InChI is InChI=1S/C14H23N5/c1-9(2)12-17-13(16-5)11(4)14(18-12)19(6)8-10(3)7-15/h9-10H,8H2,1-6H3,(H,16,17,18). The van der Waals surface area contributed by atoms with Crippen molar-refractivity contribution in [1.82, 2.24) is 9.97 Å². The molecule has 5 nitrogen and oxygen atoms in total. The summed E-state index contributed by atoms with van der Waals surface area (Å²) in [6, 6.07) is 2.25. The molecule has 19 heavy (non-hydrogen) atoms. The van der Waals surface area contributed by atoms with E-state index in [1.54, 1.807) is 0 Å². The van der Waals surface area contributed by atoms with Crippen LogP contribution in [0, 0.1) is 24.2 Å². The molecule has 0 spiro atoms. The molecule has 1 aromatic rings. The third-order valence-electron chi connectivity index (χ3n) is 3.02. The minimum absolute atomic E-state index is 0.0279. The van der Waals surface area contributed by atoms with E-state index < -0.39 is 0 Å². The van der Waals surface area contributed by atoms with Crippen LogP contribution in [0.25, 0.3) is 0 Å². The first-order valence-corrected chi connectivity index (χ1v) is 6.57. The van der Waals surface area contributed by atoms with E-state index in [1.165, 1.54) is 0 Å². The van der Waals surface area contributed by atoms with Crippen LogP contribution in [0.4, 0.5) is 11.6 Å². The molecule has 1 heterocycles. The van der Waals surface area contributed by atoms with Gasteiger partial charge in [0, 0.05) is 32.1 Å². The Kier molecular flexibility index (Phi) is 5.11. The van der Waals surface area contributed by atoms with Crippen molar-refractivity contribution < 1.29 is 0 Å². The van der Waals surface area contributed by atoms with Gasteiger partial charge in [0.05, 0.1) is 12.0 Å². The van der Waals surface area contributed by atoms with Gasteiger partial charge >= 0.3 is 0 Å². The van der Waals surface area contributed by atoms with Gasteiger partial charge in [-0.05, 0) is 13.8 Å². The SMILES string of the molecule is CNc1nc(C(C)C)nc(N(C)CC(C)C#N)c1C. The van der Waals surface area contributed by atoms with Crippen LogP contribution in [0.2, 0.25) is 0 Å². The zero-order valence-electron chi connectivity index (χ0n) is 12.7. The number of anilines is 2. The molecule has 0 aliphatic rings. The third-order valence-corrected chi connectivity index (χ3v) is 3.02. The van der Waals surface area contributed by atoms with Crippen molar-refractivity contribution in [3.05, 3.63) is 11.4 Å². The van der Waals surface area contributed by atoms with Gasteiger partial charge < -0.3 is 10.2 Å². The van der Waals surface area contributed by atoms with E-state index in [4.69, 9.17) is 5.26 Å². The van der Waals surface area contributed by atoms with Crippen molar-refractivity contribution in [2.24, 2.45) is 5.92 Å². The molecule has 0 aromatic carbocycles. The van der Waals surface area contributed by atoms with Gasteiger partial charge in [-0.3, -0.25) is 0 Å². The topological polar surface area (TPSA) is 64.8 Å². The summed E-state index contributed by atoms with van der Waals surface area (Å²) in [5.41, 5.74) is 1.01. The van der Waals surface area contributed by atoms with Crippen LogP contribution in [0.1, 0.15) is 38.1 Å². The third kappa shape index (κ3) is 3.57. The Morgan fingerprint density at radius 1 is 1.32 bits per heavy atom. The van der Waals surface area contributed by atoms with Crippen molar-refractivity contribution >= 4 is 11.6 Å². The molecule has 104 valence electrons. The zero-order valence-corrected chi connectivity index (χ0v) is 12.7. The lowest BCUT2D eigenvalue weighted by Gasteiger charge is -2.23. The Balaban J connectivity index is 3.18. The molecule has 0 radical (unpaired) electrons. The first-order valence-electron chi connectivity index (χ1n) is 6.57. The predicted molar refractivity (Wildman–Crippen MR) is 78.5 cm³/mol. The number of nitrogens with one attached hydrogen (secondary N) is 1. The zero-order chi connectivity index (χ0) is 14.6. The predicted octanol–water partition coefficient (Wildman–Crippen LogP) is 2.55. The van der Waals surface area contributed by atoms with E-state index in [9.17, 15) is 0 Å². The largest absolute Gasteiger partial charge is 0.373 e. The fourth-order valence-corrected chi connectivity index (χ4v) is 1.93. The van der Waals surface area contributed by atoms with Gasteiger partial charge in [0.1, 0.15) is 17.5 Å². The van der Waals surface area contributed by atoms with Gasteiger partial charge in [0.25, 0.3) is 0 Å². The van der Waals surface area contributed by atoms with Gasteiger partial charge in [-0.1, -0.05) is 13.8 Å². The highest BCUT2D eigenvalue weighted by atomic mass is 15.2. The molecule has 0 amide bonds. The van der Waals surface area contributed by atoms with Gasteiger partial charge in [-0.25, -0.2) is 9.97 Å². The lowest BCUT2D eigenvalue weighted by atomic mass is 10.1. The lowest BCUT2D eigenvalue weighted by Crippen LogP contribution is -2.26. The van der Waals surface area contributed by atoms with Gasteiger partial charge in [0.15, 0.2) is 0 Å². The Morgan fingerprint density at radius 2 is 1.95 bits per heavy atom. The molecule has 0 fully saturated rings. The van der Waals surface area contributed by atoms with Crippen molar-refractivity contribution in [3.8, 4) is 6.07 Å². The molecule has 1 rings (SSSR count). The molecule has 1 aromatic heterocycles. The minimum atomic E-state index is -0.0279. The van der Waals surface area contributed by atoms with Crippen molar-refractivity contribution in [3.63, 3.8) is 0 Å². The van der Waals surface area contributed by atoms with Crippen molar-refractivity contribution in [1.29, 1.82) is 5.26 Å². The summed E-state index contributed by atoms with van der Waals surface area (Å²) < 4.78 is 0. The van der Waals surface area contributed by atoms with Crippen molar-refractivity contribution in [2.75, 3.05) is 30.9 Å². The molecule has 1 N–H and O–H groups in total. The maximum atomic E-state index is 8.92. The Morgan fingerprint density at radius 3 is 2.42 bits per heavy atom. The number of aromatic nitrogens is 2. The van der Waals surface area contributed by atoms with E-state index in [2.05, 4.69) is 35.2 Å². The average molecular weight is 261 g/mol. The highest BCUT2D eigenvalue weighted by molar-refractivity contribution is 5.58. The molecule has 0 bridgehead atoms. The normalized spacial score (nSPS) is 12.1. The number of hydrogen-bond donors (Lipinski definition) is 1. The first-order chi connectivity index (χ1) is 8.90. The van der Waals surface area contributed by atoms with E-state index in [1.807, 2.05) is 32.8 Å². The van der Waals surface area contributed by atoms with Crippen molar-refractivity contribution in [2.45, 2.75) is 33.6 Å². The second kappa shape index (κ2) is 6.37. The monoisotopic (exact) mass is 261 g/mol. The van der Waals surface area contributed by atoms with Crippen LogP contribution in [-0.2, 0) is 0 Å². The van der Waals surface area contributed by atoms with Crippen LogP contribution >= 0.6 is 0 Å². The highest BCUT2D eigenvalue weighted by Gasteiger charge is 2.16. The number of rotatable bonds is 5. The average Bonchev–Trinajstić information content (AvgIpc) is 2.38. The summed E-state index contributed by atoms with van der Waals surface area (Å²) in [6.07, 6.45) is 0. The Hall–Kier alpha value is -1.83. The Labute approximate surface area is 115 Å². The summed E-state index contributed by atoms with van der Waals surface area (Å²) in [5.74, 6) is 2.81. The van der Waals surface area contributed by atoms with Gasteiger partial charge in [-0.15, -0.1) is 0 Å². The molecule has 0 aliphatic carbocycles. The summed E-state index contributed by atoms with van der Waals surface area (Å²) in [5, 5.41) is 12.0. The second-order valence-corrected chi connectivity index (χ2v) is 5.19. The van der Waals surface area contributed by atoms with E-state index >= 15 is 0 Å². The van der Waals surface area contributed by atoms with Crippen LogP contribution in [0.5, 0.6) is 0 Å². The number of hydrogen-bond acceptors (Lipinski definition) is 5. The summed E-state index contributed by atoms with van der Waals surface area (Å²) >= 11 is 0. The number of nitrogens with zero attached hydrogens (tertiary/aromatic N) is 4. The molecule has 1 unspecified atom stereocenters. The molecular formula is C14H23N5. The molecular weight excluding hydrogens is 238 g/mol. The molecule has 0 saturated carbocycles. The van der Waals surface area contributed by atoms with Crippen LogP contribution in [0.3, 0.4) is 0 Å². The minimum Gasteiger partial charge on any atom is -0.373 e. The van der Waals surface area contributed by atoms with Crippen LogP contribution in [-0.4, -0.2) is 30.6 Å². The molecule has 0 aliphatic heterocycles. The Bertz CT molecular complexity index is 475. The van der Waals surface area contributed by atoms with Gasteiger partial charge in [0.2, 0.25) is 0 Å². The molecule has 1 atom stereocenters. The van der Waals surface area contributed by atoms with E-state index in [0.717, 1.165) is 23.0 Å². The fourth-order valence-electron chi connectivity index (χ4n) is 1.93. The quantitative estimate of drug-likeness (QED) is 0.882. The summed E-state index contributed by atoms with van der Waals surface area (Å²) in [4.78, 5) is 11.2. The lowest BCUT2D eigenvalue weighted by molar-refractivity contribution is 0.697. The van der Waals surface area contributed by atoms with Gasteiger partial charge in [-0.2, -0.15) is 5.26 Å². The summed E-state index contributed by atoms with van der Waals surface area (Å²) in [7, 11) is 3.83. The smallest absolute Gasteiger partial charge is 0.137 e. The molecule has 5 heteroatoms. The van der Waals surface area contributed by atoms with E-state index in [0.29, 0.717) is 6.54 Å². The van der Waals surface area contributed by atoms with Crippen LogP contribution < -0.4 is 10.2 Å². The van der Waals surface area contributed by atoms with E-state index in [-0.39, 0.29) is 11.8 Å². The van der Waals surface area contributed by atoms with Crippen LogP contribution in [0.15, 0.2) is 0 Å². The number of nitriles is 1.